The number of rotatable bonds is 7. The second-order valence-corrected chi connectivity index (χ2v) is 4.02. The van der Waals surface area contributed by atoms with Crippen molar-refractivity contribution < 1.29 is 9.66 Å². The van der Waals surface area contributed by atoms with Gasteiger partial charge >= 0.3 is 5.69 Å². The average molecular weight is 264 g/mol. The lowest BCUT2D eigenvalue weighted by Gasteiger charge is -2.17. The number of methoxy groups -OCH3 is 1. The third kappa shape index (κ3) is 4.19. The van der Waals surface area contributed by atoms with E-state index in [0.29, 0.717) is 12.4 Å². The minimum absolute atomic E-state index is 0.0653. The standard InChI is InChI=1S/C12H16N4O3/c1-3-4-9(8-19-2)14-12-6-5-11(16(17)18)10(7-13)15-12/h5-6,9H,3-4,8H2,1-2H3,(H,14,15). The molecule has 1 heterocycles. The zero-order chi connectivity index (χ0) is 14.3. The van der Waals surface area contributed by atoms with Gasteiger partial charge < -0.3 is 10.1 Å². The fourth-order valence-electron chi connectivity index (χ4n) is 1.72. The minimum Gasteiger partial charge on any atom is -0.383 e. The van der Waals surface area contributed by atoms with Crippen LogP contribution in [0.4, 0.5) is 11.5 Å². The highest BCUT2D eigenvalue weighted by atomic mass is 16.6. The molecule has 1 rings (SSSR count). The van der Waals surface area contributed by atoms with E-state index in [-0.39, 0.29) is 17.4 Å². The highest BCUT2D eigenvalue weighted by Gasteiger charge is 2.16. The molecule has 0 fully saturated rings. The third-order valence-corrected chi connectivity index (χ3v) is 2.53. The van der Waals surface area contributed by atoms with Crippen molar-refractivity contribution in [2.45, 2.75) is 25.8 Å². The van der Waals surface area contributed by atoms with Crippen molar-refractivity contribution >= 4 is 11.5 Å². The van der Waals surface area contributed by atoms with Crippen molar-refractivity contribution in [2.24, 2.45) is 0 Å². The number of anilines is 1. The molecule has 0 aromatic carbocycles. The number of nitro groups is 1. The Labute approximate surface area is 111 Å². The van der Waals surface area contributed by atoms with Gasteiger partial charge in [-0.2, -0.15) is 5.26 Å². The summed E-state index contributed by atoms with van der Waals surface area (Å²) in [7, 11) is 1.61. The zero-order valence-corrected chi connectivity index (χ0v) is 10.9. The lowest BCUT2D eigenvalue weighted by atomic mass is 10.2. The average Bonchev–Trinajstić information content (AvgIpc) is 2.38. The van der Waals surface area contributed by atoms with Crippen LogP contribution >= 0.6 is 0 Å². The SMILES string of the molecule is CCCC(COC)Nc1ccc([N+](=O)[O-])c(C#N)n1. The summed E-state index contributed by atoms with van der Waals surface area (Å²) in [6.45, 7) is 2.56. The number of nitrogens with one attached hydrogen (secondary N) is 1. The minimum atomic E-state index is -0.617. The van der Waals surface area contributed by atoms with Gasteiger partial charge in [-0.15, -0.1) is 0 Å². The van der Waals surface area contributed by atoms with E-state index in [1.807, 2.05) is 6.92 Å². The van der Waals surface area contributed by atoms with Crippen molar-refractivity contribution in [3.05, 3.63) is 27.9 Å². The Morgan fingerprint density at radius 2 is 2.37 bits per heavy atom. The summed E-state index contributed by atoms with van der Waals surface area (Å²) in [6.07, 6.45) is 1.85. The molecule has 7 heteroatoms. The van der Waals surface area contributed by atoms with Crippen LogP contribution in [0, 0.1) is 21.4 Å². The van der Waals surface area contributed by atoms with E-state index in [1.54, 1.807) is 13.2 Å². The fraction of sp³-hybridized carbons (Fsp3) is 0.500. The lowest BCUT2D eigenvalue weighted by Crippen LogP contribution is -2.25. The molecule has 0 spiro atoms. The van der Waals surface area contributed by atoms with Crippen LogP contribution in [-0.2, 0) is 4.74 Å². The Morgan fingerprint density at radius 3 is 2.89 bits per heavy atom. The van der Waals surface area contributed by atoms with Gasteiger partial charge in [-0.05, 0) is 12.5 Å². The van der Waals surface area contributed by atoms with Crippen molar-refractivity contribution in [3.63, 3.8) is 0 Å². The van der Waals surface area contributed by atoms with Gasteiger partial charge in [-0.1, -0.05) is 13.3 Å². The van der Waals surface area contributed by atoms with Gasteiger partial charge in [0.2, 0.25) is 5.69 Å². The van der Waals surface area contributed by atoms with Crippen molar-refractivity contribution in [3.8, 4) is 6.07 Å². The van der Waals surface area contributed by atoms with E-state index < -0.39 is 4.92 Å². The van der Waals surface area contributed by atoms with E-state index in [9.17, 15) is 10.1 Å². The van der Waals surface area contributed by atoms with Gasteiger partial charge in [0, 0.05) is 13.2 Å². The van der Waals surface area contributed by atoms with Gasteiger partial charge in [0.25, 0.3) is 0 Å². The molecule has 1 unspecified atom stereocenters. The fourth-order valence-corrected chi connectivity index (χ4v) is 1.72. The van der Waals surface area contributed by atoms with Crippen molar-refractivity contribution in [1.82, 2.24) is 4.98 Å². The maximum atomic E-state index is 10.7. The highest BCUT2D eigenvalue weighted by molar-refractivity contribution is 5.50. The van der Waals surface area contributed by atoms with Crippen molar-refractivity contribution in [2.75, 3.05) is 19.0 Å². The molecule has 0 aliphatic carbocycles. The number of nitrogens with zero attached hydrogens (tertiary/aromatic N) is 3. The highest BCUT2D eigenvalue weighted by Crippen LogP contribution is 2.19. The molecule has 1 aromatic heterocycles. The lowest BCUT2D eigenvalue weighted by molar-refractivity contribution is -0.385. The van der Waals surface area contributed by atoms with Gasteiger partial charge in [0.15, 0.2) is 0 Å². The molecule has 0 saturated carbocycles. The largest absolute Gasteiger partial charge is 0.383 e. The topological polar surface area (TPSA) is 101 Å². The Morgan fingerprint density at radius 1 is 1.63 bits per heavy atom. The predicted octanol–water partition coefficient (Wildman–Crippen LogP) is 2.09. The molecule has 0 bridgehead atoms. The van der Waals surface area contributed by atoms with Gasteiger partial charge in [0.05, 0.1) is 17.6 Å². The Bertz CT molecular complexity index is 478. The number of hydrogen-bond donors (Lipinski definition) is 1. The maximum absolute atomic E-state index is 10.7. The second kappa shape index (κ2) is 7.28. The molecule has 1 aromatic rings. The van der Waals surface area contributed by atoms with Crippen LogP contribution in [0.25, 0.3) is 0 Å². The zero-order valence-electron chi connectivity index (χ0n) is 10.9. The summed E-state index contributed by atoms with van der Waals surface area (Å²) in [4.78, 5) is 14.0. The van der Waals surface area contributed by atoms with Crippen LogP contribution in [0.1, 0.15) is 25.5 Å². The number of ether oxygens (including phenoxy) is 1. The molecule has 0 amide bonds. The summed E-state index contributed by atoms with van der Waals surface area (Å²) < 4.78 is 5.08. The van der Waals surface area contributed by atoms with Crippen LogP contribution in [0.2, 0.25) is 0 Å². The molecular weight excluding hydrogens is 248 g/mol. The van der Waals surface area contributed by atoms with Crippen molar-refractivity contribution in [1.29, 1.82) is 5.26 Å². The smallest absolute Gasteiger partial charge is 0.305 e. The number of hydrogen-bond acceptors (Lipinski definition) is 6. The predicted molar refractivity (Wildman–Crippen MR) is 69.8 cm³/mol. The normalized spacial score (nSPS) is 11.6. The molecule has 1 atom stereocenters. The number of pyridine rings is 1. The first-order valence-corrected chi connectivity index (χ1v) is 5.93. The summed E-state index contributed by atoms with van der Waals surface area (Å²) in [5.74, 6) is 0.442. The monoisotopic (exact) mass is 264 g/mol. The molecule has 19 heavy (non-hydrogen) atoms. The number of nitriles is 1. The first-order chi connectivity index (χ1) is 9.12. The molecule has 0 aliphatic heterocycles. The molecule has 7 nitrogen and oxygen atoms in total. The van der Waals surface area contributed by atoms with Crippen LogP contribution < -0.4 is 5.32 Å². The van der Waals surface area contributed by atoms with E-state index in [4.69, 9.17) is 10.00 Å². The molecule has 1 N–H and O–H groups in total. The molecular formula is C12H16N4O3. The van der Waals surface area contributed by atoms with Crippen LogP contribution in [-0.4, -0.2) is 29.7 Å². The Balaban J connectivity index is 2.90. The van der Waals surface area contributed by atoms with Gasteiger partial charge in [0.1, 0.15) is 11.9 Å². The van der Waals surface area contributed by atoms with Gasteiger partial charge in [-0.25, -0.2) is 4.98 Å². The Kier molecular flexibility index (Phi) is 5.70. The third-order valence-electron chi connectivity index (χ3n) is 2.53. The van der Waals surface area contributed by atoms with E-state index in [2.05, 4.69) is 10.3 Å². The molecule has 0 aliphatic rings. The summed E-state index contributed by atoms with van der Waals surface area (Å²) in [6, 6.07) is 4.57. The molecule has 0 radical (unpaired) electrons. The molecule has 0 saturated heterocycles. The van der Waals surface area contributed by atoms with E-state index in [1.165, 1.54) is 12.1 Å². The van der Waals surface area contributed by atoms with E-state index >= 15 is 0 Å². The first kappa shape index (κ1) is 14.9. The van der Waals surface area contributed by atoms with Crippen LogP contribution in [0.5, 0.6) is 0 Å². The summed E-state index contributed by atoms with van der Waals surface area (Å²) in [5, 5.41) is 22.7. The maximum Gasteiger partial charge on any atom is 0.305 e. The first-order valence-electron chi connectivity index (χ1n) is 5.93. The summed E-state index contributed by atoms with van der Waals surface area (Å²) in [5.41, 5.74) is -0.477. The molecule has 102 valence electrons. The van der Waals surface area contributed by atoms with Crippen LogP contribution in [0.3, 0.4) is 0 Å². The van der Waals surface area contributed by atoms with Gasteiger partial charge in [-0.3, -0.25) is 10.1 Å². The summed E-state index contributed by atoms with van der Waals surface area (Å²) >= 11 is 0. The van der Waals surface area contributed by atoms with Crippen LogP contribution in [0.15, 0.2) is 12.1 Å². The Hall–Kier alpha value is -2.20. The van der Waals surface area contributed by atoms with E-state index in [0.717, 1.165) is 12.8 Å². The second-order valence-electron chi connectivity index (χ2n) is 4.02. The quantitative estimate of drug-likeness (QED) is 0.597. The number of aromatic nitrogens is 1.